The highest BCUT2D eigenvalue weighted by Crippen LogP contribution is 2.82. The quantitative estimate of drug-likeness (QED) is 0.465. The Hall–Kier alpha value is -1.47. The van der Waals surface area contributed by atoms with E-state index in [-0.39, 0.29) is 52.4 Å². The second-order valence-corrected chi connectivity index (χ2v) is 11.7. The summed E-state index contributed by atoms with van der Waals surface area (Å²) in [5.41, 5.74) is -2.00. The van der Waals surface area contributed by atoms with Crippen LogP contribution in [-0.4, -0.2) is 53.8 Å². The van der Waals surface area contributed by atoms with Gasteiger partial charge < -0.3 is 18.9 Å². The Kier molecular flexibility index (Phi) is 3.19. The maximum Gasteiger partial charge on any atom is 0.309 e. The molecule has 3 heterocycles. The van der Waals surface area contributed by atoms with Crippen LogP contribution in [0.15, 0.2) is 0 Å². The van der Waals surface area contributed by atoms with Gasteiger partial charge in [-0.2, -0.15) is 0 Å². The van der Waals surface area contributed by atoms with Crippen molar-refractivity contribution in [1.82, 2.24) is 0 Å². The van der Waals surface area contributed by atoms with Crippen LogP contribution in [0.25, 0.3) is 0 Å². The van der Waals surface area contributed by atoms with Crippen LogP contribution in [0.3, 0.4) is 0 Å². The van der Waals surface area contributed by atoms with Gasteiger partial charge in [-0.15, -0.1) is 0 Å². The van der Waals surface area contributed by atoms with Crippen molar-refractivity contribution >= 4 is 17.7 Å². The molecule has 7 rings (SSSR count). The molecule has 3 aliphatic heterocycles. The molecule has 7 aliphatic rings. The Balaban J connectivity index is 1.37. The van der Waals surface area contributed by atoms with Gasteiger partial charge in [-0.05, 0) is 44.4 Å². The number of ether oxygens (including phenoxy) is 4. The molecule has 3 spiro atoms. The predicted molar refractivity (Wildman–Crippen MR) is 105 cm³/mol. The van der Waals surface area contributed by atoms with E-state index >= 15 is 0 Å². The third-order valence-electron chi connectivity index (χ3n) is 11.2. The molecule has 31 heavy (non-hydrogen) atoms. The molecule has 0 radical (unpaired) electrons. The zero-order chi connectivity index (χ0) is 21.6. The first kappa shape index (κ1) is 19.0. The van der Waals surface area contributed by atoms with Crippen LogP contribution in [0.2, 0.25) is 0 Å². The third kappa shape index (κ3) is 1.77. The van der Waals surface area contributed by atoms with E-state index in [2.05, 4.69) is 13.8 Å². The summed E-state index contributed by atoms with van der Waals surface area (Å²) < 4.78 is 24.2. The highest BCUT2D eigenvalue weighted by Gasteiger charge is 2.91. The number of rotatable bonds is 1. The van der Waals surface area contributed by atoms with Gasteiger partial charge in [0.05, 0.1) is 19.1 Å². The van der Waals surface area contributed by atoms with Crippen molar-refractivity contribution in [3.8, 4) is 0 Å². The highest BCUT2D eigenvalue weighted by molar-refractivity contribution is 5.89. The van der Waals surface area contributed by atoms with Crippen LogP contribution in [-0.2, 0) is 33.3 Å². The summed E-state index contributed by atoms with van der Waals surface area (Å²) in [5.74, 6) is -0.325. The number of hydrogen-bond acceptors (Lipinski definition) is 7. The summed E-state index contributed by atoms with van der Waals surface area (Å²) in [4.78, 5) is 37.9. The number of fused-ring (bicyclic) bond motifs is 3. The van der Waals surface area contributed by atoms with E-state index in [9.17, 15) is 14.4 Å². The minimum Gasteiger partial charge on any atom is -0.469 e. The Bertz CT molecular complexity index is 946. The lowest BCUT2D eigenvalue weighted by molar-refractivity contribution is -0.184. The molecule has 4 saturated carbocycles. The Morgan fingerprint density at radius 2 is 1.87 bits per heavy atom. The number of hydrogen-bond donors (Lipinski definition) is 0. The molecule has 3 saturated heterocycles. The molecule has 4 unspecified atom stereocenters. The van der Waals surface area contributed by atoms with Crippen LogP contribution in [0.1, 0.15) is 65.2 Å². The molecular weight excluding hydrogens is 400 g/mol. The van der Waals surface area contributed by atoms with E-state index in [1.165, 1.54) is 7.11 Å². The maximum atomic E-state index is 13.2. The van der Waals surface area contributed by atoms with Crippen LogP contribution >= 0.6 is 0 Å². The summed E-state index contributed by atoms with van der Waals surface area (Å²) in [7, 11) is 1.44. The first-order valence-corrected chi connectivity index (χ1v) is 11.9. The molecule has 0 amide bonds. The Morgan fingerprint density at radius 3 is 2.58 bits per heavy atom. The van der Waals surface area contributed by atoms with Gasteiger partial charge >= 0.3 is 11.9 Å². The fourth-order valence-electron chi connectivity index (χ4n) is 9.63. The van der Waals surface area contributed by atoms with Gasteiger partial charge in [0.2, 0.25) is 0 Å². The molecule has 0 aromatic heterocycles. The third-order valence-corrected chi connectivity index (χ3v) is 11.2. The van der Waals surface area contributed by atoms with Crippen molar-refractivity contribution in [1.29, 1.82) is 0 Å². The molecule has 0 N–H and O–H groups in total. The molecule has 0 aromatic carbocycles. The fraction of sp³-hybridized carbons (Fsp3) is 0.875. The SMILES string of the molecule is COC(=O)[C@@H]1C[C@@]23O[C@@H]2C(=O)CCC3(C)[C@@]23O[C@H]2CC2(C)C(CC[C@@]24CCC(=O)O4)C13. The number of carbonyl (C=O) groups excluding carboxylic acids is 3. The van der Waals surface area contributed by atoms with Crippen molar-refractivity contribution in [2.75, 3.05) is 7.11 Å². The minimum atomic E-state index is -0.601. The van der Waals surface area contributed by atoms with Crippen molar-refractivity contribution in [2.45, 2.75) is 94.2 Å². The van der Waals surface area contributed by atoms with Crippen LogP contribution in [0, 0.1) is 28.6 Å². The van der Waals surface area contributed by atoms with Gasteiger partial charge in [0.25, 0.3) is 0 Å². The van der Waals surface area contributed by atoms with E-state index < -0.39 is 22.9 Å². The lowest BCUT2D eigenvalue weighted by Crippen LogP contribution is -2.68. The number of Topliss-reactive ketones (excluding diaryl/α,β-unsaturated/α-hetero) is 1. The molecule has 7 nitrogen and oxygen atoms in total. The van der Waals surface area contributed by atoms with Crippen LogP contribution in [0.5, 0.6) is 0 Å². The normalized spacial score (nSPS) is 60.3. The maximum absolute atomic E-state index is 13.2. The van der Waals surface area contributed by atoms with Crippen LogP contribution < -0.4 is 0 Å². The number of esters is 2. The summed E-state index contributed by atoms with van der Waals surface area (Å²) in [6.45, 7) is 4.50. The Morgan fingerprint density at radius 1 is 1.06 bits per heavy atom. The lowest BCUT2D eigenvalue weighted by Gasteiger charge is -2.59. The first-order chi connectivity index (χ1) is 14.7. The number of ketones is 1. The second kappa shape index (κ2) is 5.19. The average molecular weight is 430 g/mol. The van der Waals surface area contributed by atoms with Crippen molar-refractivity contribution in [2.24, 2.45) is 28.6 Å². The van der Waals surface area contributed by atoms with Crippen LogP contribution in [0.4, 0.5) is 0 Å². The van der Waals surface area contributed by atoms with Crippen molar-refractivity contribution < 1.29 is 33.3 Å². The molecule has 4 aliphatic carbocycles. The zero-order valence-corrected chi connectivity index (χ0v) is 18.4. The van der Waals surface area contributed by atoms with E-state index in [1.807, 2.05) is 0 Å². The summed E-state index contributed by atoms with van der Waals surface area (Å²) in [6, 6.07) is 0. The zero-order valence-electron chi connectivity index (χ0n) is 18.4. The standard InChI is InChI=1S/C24H30O7/c1-20-11-15-24(29-15)17(13(20)4-8-22(20)9-6-16(26)30-22)12(19(27)28-3)10-23-18(31-23)14(25)5-7-21(23,24)2/h12-13,15,17-18H,4-11H2,1-3H3/t12-,13?,15+,17?,18-,20?,21?,22-,23-,24-/m1/s1. The molecule has 0 bridgehead atoms. The number of epoxide rings is 2. The van der Waals surface area contributed by atoms with Gasteiger partial charge in [-0.25, -0.2) is 0 Å². The van der Waals surface area contributed by atoms with E-state index in [1.54, 1.807) is 0 Å². The van der Waals surface area contributed by atoms with Gasteiger partial charge in [-0.3, -0.25) is 14.4 Å². The molecule has 7 fully saturated rings. The predicted octanol–water partition coefficient (Wildman–Crippen LogP) is 2.34. The smallest absolute Gasteiger partial charge is 0.309 e. The minimum absolute atomic E-state index is 0.000380. The molecule has 168 valence electrons. The highest BCUT2D eigenvalue weighted by atomic mass is 16.6. The van der Waals surface area contributed by atoms with Gasteiger partial charge in [0.1, 0.15) is 22.9 Å². The van der Waals surface area contributed by atoms with Gasteiger partial charge in [0.15, 0.2) is 5.78 Å². The average Bonchev–Trinajstić information content (AvgIpc) is 3.59. The van der Waals surface area contributed by atoms with E-state index in [0.717, 1.165) is 32.1 Å². The summed E-state index contributed by atoms with van der Waals surface area (Å²) in [5, 5.41) is 0. The number of methoxy groups -OCH3 is 1. The molecule has 7 heteroatoms. The van der Waals surface area contributed by atoms with Crippen molar-refractivity contribution in [3.63, 3.8) is 0 Å². The van der Waals surface area contributed by atoms with Crippen molar-refractivity contribution in [3.05, 3.63) is 0 Å². The first-order valence-electron chi connectivity index (χ1n) is 11.9. The molecule has 0 aromatic rings. The number of carbonyl (C=O) groups is 3. The monoisotopic (exact) mass is 430 g/mol. The van der Waals surface area contributed by atoms with Gasteiger partial charge in [0, 0.05) is 29.6 Å². The Labute approximate surface area is 181 Å². The second-order valence-electron chi connectivity index (χ2n) is 11.7. The largest absolute Gasteiger partial charge is 0.469 e. The van der Waals surface area contributed by atoms with E-state index in [4.69, 9.17) is 18.9 Å². The van der Waals surface area contributed by atoms with E-state index in [0.29, 0.717) is 19.3 Å². The summed E-state index contributed by atoms with van der Waals surface area (Å²) in [6.07, 6.45) is 5.22. The van der Waals surface area contributed by atoms with Gasteiger partial charge in [-0.1, -0.05) is 13.8 Å². The lowest BCUT2D eigenvalue weighted by atomic mass is 9.41. The molecular formula is C24H30O7. The topological polar surface area (TPSA) is 94.7 Å². The summed E-state index contributed by atoms with van der Waals surface area (Å²) >= 11 is 0. The fourth-order valence-corrected chi connectivity index (χ4v) is 9.63. The molecule has 10 atom stereocenters.